The zero-order valence-electron chi connectivity index (χ0n) is 9.45. The fourth-order valence-corrected chi connectivity index (χ4v) is 1.72. The molecule has 4 nitrogen and oxygen atoms in total. The highest BCUT2D eigenvalue weighted by atomic mass is 16.5. The molecule has 4 heteroatoms. The first-order valence-corrected chi connectivity index (χ1v) is 5.35. The first kappa shape index (κ1) is 10.4. The Balaban J connectivity index is 2.07. The minimum atomic E-state index is 0.258. The molecule has 1 aromatic heterocycles. The van der Waals surface area contributed by atoms with Crippen LogP contribution >= 0.6 is 0 Å². The molecular weight excluding hydrogens is 190 g/mol. The number of aromatic nitrogens is 2. The topological polar surface area (TPSA) is 47.0 Å². The number of anilines is 1. The van der Waals surface area contributed by atoms with Crippen LogP contribution in [-0.4, -0.2) is 28.7 Å². The third kappa shape index (κ3) is 2.26. The van der Waals surface area contributed by atoms with E-state index in [4.69, 9.17) is 4.74 Å². The molecule has 2 rings (SSSR count). The average Bonchev–Trinajstić information content (AvgIpc) is 2.59. The molecule has 1 aromatic rings. The zero-order chi connectivity index (χ0) is 10.8. The van der Waals surface area contributed by atoms with E-state index in [1.54, 1.807) is 6.20 Å². The molecule has 15 heavy (non-hydrogen) atoms. The first-order valence-electron chi connectivity index (χ1n) is 5.35. The van der Waals surface area contributed by atoms with Crippen LogP contribution in [0.15, 0.2) is 6.20 Å². The molecule has 1 aliphatic rings. The third-order valence-electron chi connectivity index (χ3n) is 2.90. The fourth-order valence-electron chi connectivity index (χ4n) is 1.72. The van der Waals surface area contributed by atoms with E-state index in [2.05, 4.69) is 22.2 Å². The van der Waals surface area contributed by atoms with Crippen LogP contribution in [0, 0.1) is 13.8 Å². The molecule has 2 unspecified atom stereocenters. The maximum absolute atomic E-state index is 5.48. The largest absolute Gasteiger partial charge is 0.376 e. The van der Waals surface area contributed by atoms with E-state index in [0.717, 1.165) is 30.2 Å². The van der Waals surface area contributed by atoms with Crippen LogP contribution < -0.4 is 5.32 Å². The van der Waals surface area contributed by atoms with Gasteiger partial charge in [0.25, 0.3) is 0 Å². The van der Waals surface area contributed by atoms with Crippen molar-refractivity contribution in [1.82, 2.24) is 9.97 Å². The van der Waals surface area contributed by atoms with E-state index >= 15 is 0 Å². The molecule has 1 N–H and O–H groups in total. The average molecular weight is 207 g/mol. The molecule has 1 saturated heterocycles. The van der Waals surface area contributed by atoms with Crippen molar-refractivity contribution in [2.24, 2.45) is 0 Å². The van der Waals surface area contributed by atoms with Crippen molar-refractivity contribution < 1.29 is 4.74 Å². The highest BCUT2D eigenvalue weighted by Gasteiger charge is 2.24. The summed E-state index contributed by atoms with van der Waals surface area (Å²) in [6, 6.07) is 0.362. The molecule has 0 radical (unpaired) electrons. The van der Waals surface area contributed by atoms with E-state index in [1.165, 1.54) is 0 Å². The minimum Gasteiger partial charge on any atom is -0.376 e. The number of hydrogen-bond donors (Lipinski definition) is 1. The van der Waals surface area contributed by atoms with Gasteiger partial charge >= 0.3 is 0 Å². The van der Waals surface area contributed by atoms with Crippen LogP contribution in [0.4, 0.5) is 5.82 Å². The SMILES string of the molecule is Cc1ncc(NC2CCOC2C)nc1C. The highest BCUT2D eigenvalue weighted by Crippen LogP contribution is 2.17. The van der Waals surface area contributed by atoms with Gasteiger partial charge in [0.15, 0.2) is 0 Å². The molecule has 0 saturated carbocycles. The molecule has 82 valence electrons. The zero-order valence-corrected chi connectivity index (χ0v) is 9.45. The van der Waals surface area contributed by atoms with Gasteiger partial charge < -0.3 is 10.1 Å². The lowest BCUT2D eigenvalue weighted by Crippen LogP contribution is -2.27. The molecule has 0 aromatic carbocycles. The van der Waals surface area contributed by atoms with Crippen molar-refractivity contribution in [3.8, 4) is 0 Å². The standard InChI is InChI=1S/C11H17N3O/c1-7-8(2)13-11(6-12-7)14-10-4-5-15-9(10)3/h6,9-10H,4-5H2,1-3H3,(H,13,14). The molecule has 0 aliphatic carbocycles. The summed E-state index contributed by atoms with van der Waals surface area (Å²) in [4.78, 5) is 8.72. The Kier molecular flexibility index (Phi) is 2.86. The summed E-state index contributed by atoms with van der Waals surface area (Å²) in [5.41, 5.74) is 1.96. The van der Waals surface area contributed by atoms with E-state index < -0.39 is 0 Å². The van der Waals surface area contributed by atoms with Gasteiger partial charge in [-0.15, -0.1) is 0 Å². The smallest absolute Gasteiger partial charge is 0.145 e. The number of aryl methyl sites for hydroxylation is 2. The van der Waals surface area contributed by atoms with Gasteiger partial charge in [0.1, 0.15) is 5.82 Å². The van der Waals surface area contributed by atoms with Crippen LogP contribution in [-0.2, 0) is 4.74 Å². The van der Waals surface area contributed by atoms with Gasteiger partial charge in [0.2, 0.25) is 0 Å². The van der Waals surface area contributed by atoms with Crippen LogP contribution in [0.2, 0.25) is 0 Å². The van der Waals surface area contributed by atoms with Crippen molar-refractivity contribution in [3.63, 3.8) is 0 Å². The maximum Gasteiger partial charge on any atom is 0.145 e. The number of hydrogen-bond acceptors (Lipinski definition) is 4. The lowest BCUT2D eigenvalue weighted by molar-refractivity contribution is 0.121. The maximum atomic E-state index is 5.48. The third-order valence-corrected chi connectivity index (χ3v) is 2.90. The van der Waals surface area contributed by atoms with Crippen molar-refractivity contribution in [3.05, 3.63) is 17.6 Å². The van der Waals surface area contributed by atoms with E-state index in [-0.39, 0.29) is 6.10 Å². The van der Waals surface area contributed by atoms with Crippen LogP contribution in [0.5, 0.6) is 0 Å². The second-order valence-electron chi connectivity index (χ2n) is 4.04. The summed E-state index contributed by atoms with van der Waals surface area (Å²) >= 11 is 0. The van der Waals surface area contributed by atoms with Crippen molar-refractivity contribution >= 4 is 5.82 Å². The molecule has 2 heterocycles. The van der Waals surface area contributed by atoms with E-state index in [0.29, 0.717) is 6.04 Å². The summed E-state index contributed by atoms with van der Waals surface area (Å²) < 4.78 is 5.48. The van der Waals surface area contributed by atoms with Crippen LogP contribution in [0.1, 0.15) is 24.7 Å². The van der Waals surface area contributed by atoms with Crippen LogP contribution in [0.3, 0.4) is 0 Å². The summed E-state index contributed by atoms with van der Waals surface area (Å²) in [7, 11) is 0. The van der Waals surface area contributed by atoms with E-state index in [1.807, 2.05) is 13.8 Å². The van der Waals surface area contributed by atoms with E-state index in [9.17, 15) is 0 Å². The Morgan fingerprint density at radius 3 is 2.80 bits per heavy atom. The molecule has 0 amide bonds. The predicted molar refractivity (Wildman–Crippen MR) is 58.9 cm³/mol. The summed E-state index contributed by atoms with van der Waals surface area (Å²) in [5.74, 6) is 0.848. The van der Waals surface area contributed by atoms with Gasteiger partial charge in [-0.25, -0.2) is 4.98 Å². The Hall–Kier alpha value is -1.16. The summed E-state index contributed by atoms with van der Waals surface area (Å²) in [5, 5.41) is 3.36. The molecule has 0 spiro atoms. The van der Waals surface area contributed by atoms with Gasteiger partial charge in [-0.05, 0) is 27.2 Å². The number of ether oxygens (including phenoxy) is 1. The Labute approximate surface area is 90.1 Å². The van der Waals surface area contributed by atoms with Gasteiger partial charge in [-0.3, -0.25) is 4.98 Å². The molecule has 1 aliphatic heterocycles. The minimum absolute atomic E-state index is 0.258. The molecular formula is C11H17N3O. The number of nitrogens with one attached hydrogen (secondary N) is 1. The predicted octanol–water partition coefficient (Wildman–Crippen LogP) is 1.68. The fraction of sp³-hybridized carbons (Fsp3) is 0.636. The summed E-state index contributed by atoms with van der Waals surface area (Å²) in [6.45, 7) is 6.85. The lowest BCUT2D eigenvalue weighted by Gasteiger charge is -2.16. The quantitative estimate of drug-likeness (QED) is 0.801. The summed E-state index contributed by atoms with van der Waals surface area (Å²) in [6.07, 6.45) is 3.08. The number of rotatable bonds is 2. The Morgan fingerprint density at radius 1 is 1.40 bits per heavy atom. The van der Waals surface area contributed by atoms with Gasteiger partial charge in [-0.1, -0.05) is 0 Å². The van der Waals surface area contributed by atoms with Gasteiger partial charge in [0.05, 0.1) is 29.7 Å². The van der Waals surface area contributed by atoms with Crippen molar-refractivity contribution in [2.75, 3.05) is 11.9 Å². The van der Waals surface area contributed by atoms with Crippen LogP contribution in [0.25, 0.3) is 0 Å². The lowest BCUT2D eigenvalue weighted by atomic mass is 10.1. The number of nitrogens with zero attached hydrogens (tertiary/aromatic N) is 2. The highest BCUT2D eigenvalue weighted by molar-refractivity contribution is 5.35. The van der Waals surface area contributed by atoms with Gasteiger partial charge in [0, 0.05) is 6.61 Å². The molecule has 2 atom stereocenters. The molecule has 0 bridgehead atoms. The van der Waals surface area contributed by atoms with Crippen molar-refractivity contribution in [2.45, 2.75) is 39.3 Å². The second kappa shape index (κ2) is 4.14. The Morgan fingerprint density at radius 2 is 2.20 bits per heavy atom. The Bertz CT molecular complexity index is 354. The van der Waals surface area contributed by atoms with Gasteiger partial charge in [-0.2, -0.15) is 0 Å². The second-order valence-corrected chi connectivity index (χ2v) is 4.04. The van der Waals surface area contributed by atoms with Crippen molar-refractivity contribution in [1.29, 1.82) is 0 Å². The molecule has 1 fully saturated rings. The first-order chi connectivity index (χ1) is 7.16. The monoisotopic (exact) mass is 207 g/mol. The normalized spacial score (nSPS) is 25.5.